The van der Waals surface area contributed by atoms with Crippen LogP contribution in [0.1, 0.15) is 30.6 Å². The molecule has 26 heavy (non-hydrogen) atoms. The Morgan fingerprint density at radius 3 is 2.50 bits per heavy atom. The lowest BCUT2D eigenvalue weighted by molar-refractivity contribution is 0.0948. The zero-order valence-corrected chi connectivity index (χ0v) is 16.8. The van der Waals surface area contributed by atoms with E-state index >= 15 is 0 Å². The maximum atomic E-state index is 12.4. The summed E-state index contributed by atoms with van der Waals surface area (Å²) in [5.74, 6) is 0.793. The summed E-state index contributed by atoms with van der Waals surface area (Å²) in [6.07, 6.45) is 0.930. The molecular weight excluding hydrogens is 354 g/mol. The number of likely N-dealkylation sites (N-methyl/N-ethyl adjacent to an activating group) is 1. The van der Waals surface area contributed by atoms with Crippen LogP contribution in [0.25, 0.3) is 0 Å². The van der Waals surface area contributed by atoms with E-state index in [1.165, 1.54) is 7.11 Å². The molecule has 1 aromatic carbocycles. The molecule has 0 spiro atoms. The fraction of sp³-hybridized carbons (Fsp3) is 0.632. The molecule has 1 aliphatic rings. The number of amides is 1. The highest BCUT2D eigenvalue weighted by atomic mass is 35.5. The zero-order valence-electron chi connectivity index (χ0n) is 16.0. The molecule has 1 amide bonds. The van der Waals surface area contributed by atoms with Crippen LogP contribution in [0.2, 0.25) is 5.02 Å². The van der Waals surface area contributed by atoms with Crippen LogP contribution in [-0.2, 0) is 0 Å². The van der Waals surface area contributed by atoms with Gasteiger partial charge in [0, 0.05) is 38.3 Å². The van der Waals surface area contributed by atoms with Gasteiger partial charge in [0.2, 0.25) is 0 Å². The number of halogens is 1. The van der Waals surface area contributed by atoms with Gasteiger partial charge in [-0.15, -0.1) is 0 Å². The van der Waals surface area contributed by atoms with Crippen LogP contribution in [0.5, 0.6) is 11.5 Å². The number of hydrogen-bond acceptors (Lipinski definition) is 5. The van der Waals surface area contributed by atoms with Gasteiger partial charge >= 0.3 is 0 Å². The second kappa shape index (κ2) is 10.6. The molecule has 0 radical (unpaired) electrons. The molecule has 146 valence electrons. The number of piperazine rings is 1. The first-order valence-electron chi connectivity index (χ1n) is 9.32. The van der Waals surface area contributed by atoms with Gasteiger partial charge in [-0.3, -0.25) is 4.79 Å². The Bertz CT molecular complexity index is 590. The molecule has 2 rings (SSSR count). The van der Waals surface area contributed by atoms with Crippen LogP contribution in [0.15, 0.2) is 12.1 Å². The molecule has 0 aliphatic carbocycles. The molecule has 1 aliphatic heterocycles. The molecule has 1 aromatic rings. The summed E-state index contributed by atoms with van der Waals surface area (Å²) < 4.78 is 10.8. The smallest absolute Gasteiger partial charge is 0.251 e. The molecule has 0 saturated carbocycles. The van der Waals surface area contributed by atoms with Crippen LogP contribution in [0, 0.1) is 0 Å². The van der Waals surface area contributed by atoms with E-state index in [4.69, 9.17) is 21.1 Å². The van der Waals surface area contributed by atoms with Gasteiger partial charge in [0.25, 0.3) is 5.91 Å². The van der Waals surface area contributed by atoms with Crippen molar-refractivity contribution in [3.8, 4) is 11.5 Å². The number of rotatable bonds is 9. The zero-order chi connectivity index (χ0) is 18.9. The molecule has 1 heterocycles. The first kappa shape index (κ1) is 20.8. The van der Waals surface area contributed by atoms with Crippen molar-refractivity contribution in [2.75, 3.05) is 59.5 Å². The number of nitrogens with zero attached hydrogens (tertiary/aromatic N) is 2. The minimum atomic E-state index is -0.149. The van der Waals surface area contributed by atoms with E-state index in [1.807, 2.05) is 6.92 Å². The van der Waals surface area contributed by atoms with Gasteiger partial charge in [0.1, 0.15) is 0 Å². The van der Waals surface area contributed by atoms with Gasteiger partial charge in [-0.2, -0.15) is 0 Å². The number of benzene rings is 1. The van der Waals surface area contributed by atoms with E-state index in [2.05, 4.69) is 22.0 Å². The lowest BCUT2D eigenvalue weighted by Crippen LogP contribution is -2.46. The number of carbonyl (C=O) groups excluding carboxylic acids is 1. The van der Waals surface area contributed by atoms with Crippen LogP contribution in [-0.4, -0.2) is 75.2 Å². The van der Waals surface area contributed by atoms with Crippen LogP contribution < -0.4 is 14.8 Å². The van der Waals surface area contributed by atoms with Gasteiger partial charge < -0.3 is 24.6 Å². The maximum Gasteiger partial charge on any atom is 0.251 e. The number of nitrogens with one attached hydrogen (secondary N) is 1. The van der Waals surface area contributed by atoms with Crippen molar-refractivity contribution >= 4 is 17.5 Å². The largest absolute Gasteiger partial charge is 0.493 e. The molecule has 0 unspecified atom stereocenters. The molecule has 0 aromatic heterocycles. The molecule has 0 bridgehead atoms. The maximum absolute atomic E-state index is 12.4. The molecule has 7 heteroatoms. The van der Waals surface area contributed by atoms with Crippen molar-refractivity contribution in [3.05, 3.63) is 22.7 Å². The Kier molecular flexibility index (Phi) is 8.48. The summed E-state index contributed by atoms with van der Waals surface area (Å²) in [5.41, 5.74) is 0.479. The van der Waals surface area contributed by atoms with E-state index in [-0.39, 0.29) is 5.91 Å². The third-order valence-electron chi connectivity index (χ3n) is 4.63. The number of ether oxygens (including phenoxy) is 2. The number of carbonyl (C=O) groups is 1. The Morgan fingerprint density at radius 1 is 1.19 bits per heavy atom. The van der Waals surface area contributed by atoms with E-state index in [1.54, 1.807) is 12.1 Å². The summed E-state index contributed by atoms with van der Waals surface area (Å²) in [4.78, 5) is 17.3. The SMILES string of the molecule is CCOc1c(Cl)cc(C(=O)NCCCN2CCN(CC)CC2)cc1OC. The van der Waals surface area contributed by atoms with Crippen molar-refractivity contribution in [2.45, 2.75) is 20.3 Å². The van der Waals surface area contributed by atoms with Gasteiger partial charge in [-0.05, 0) is 38.6 Å². The molecular formula is C19H30ClN3O3. The average Bonchev–Trinajstić information content (AvgIpc) is 2.67. The summed E-state index contributed by atoms with van der Waals surface area (Å²) >= 11 is 6.23. The highest BCUT2D eigenvalue weighted by molar-refractivity contribution is 6.32. The topological polar surface area (TPSA) is 54.0 Å². The summed E-state index contributed by atoms with van der Waals surface area (Å²) in [5, 5.41) is 3.34. The average molecular weight is 384 g/mol. The lowest BCUT2D eigenvalue weighted by atomic mass is 10.2. The third kappa shape index (κ3) is 5.76. The normalized spacial score (nSPS) is 15.7. The van der Waals surface area contributed by atoms with E-state index < -0.39 is 0 Å². The van der Waals surface area contributed by atoms with Gasteiger partial charge in [-0.1, -0.05) is 18.5 Å². The van der Waals surface area contributed by atoms with E-state index in [9.17, 15) is 4.79 Å². The van der Waals surface area contributed by atoms with Crippen molar-refractivity contribution in [2.24, 2.45) is 0 Å². The quantitative estimate of drug-likeness (QED) is 0.664. The highest BCUT2D eigenvalue weighted by Crippen LogP contribution is 2.36. The predicted octanol–water partition coefficient (Wildman–Crippen LogP) is 2.50. The minimum absolute atomic E-state index is 0.149. The van der Waals surface area contributed by atoms with Crippen molar-refractivity contribution < 1.29 is 14.3 Å². The summed E-state index contributed by atoms with van der Waals surface area (Å²) in [6, 6.07) is 3.28. The van der Waals surface area contributed by atoms with Crippen molar-refractivity contribution in [1.82, 2.24) is 15.1 Å². The Balaban J connectivity index is 1.80. The fourth-order valence-electron chi connectivity index (χ4n) is 3.07. The molecule has 1 N–H and O–H groups in total. The number of hydrogen-bond donors (Lipinski definition) is 1. The number of methoxy groups -OCH3 is 1. The van der Waals surface area contributed by atoms with Gasteiger partial charge in [0.05, 0.1) is 18.7 Å². The Labute approximate surface area is 161 Å². The lowest BCUT2D eigenvalue weighted by Gasteiger charge is -2.33. The first-order valence-corrected chi connectivity index (χ1v) is 9.70. The molecule has 6 nitrogen and oxygen atoms in total. The standard InChI is InChI=1S/C19H30ClN3O3/c1-4-22-9-11-23(12-10-22)8-6-7-21-19(24)15-13-16(20)18(26-5-2)17(14-15)25-3/h13-14H,4-12H2,1-3H3,(H,21,24). The first-order chi connectivity index (χ1) is 12.6. The second-order valence-corrected chi connectivity index (χ2v) is 6.72. The fourth-order valence-corrected chi connectivity index (χ4v) is 3.34. The highest BCUT2D eigenvalue weighted by Gasteiger charge is 2.17. The second-order valence-electron chi connectivity index (χ2n) is 6.31. The third-order valence-corrected chi connectivity index (χ3v) is 4.91. The van der Waals surface area contributed by atoms with E-state index in [0.717, 1.165) is 45.7 Å². The van der Waals surface area contributed by atoms with Crippen LogP contribution in [0.4, 0.5) is 0 Å². The van der Waals surface area contributed by atoms with Gasteiger partial charge in [-0.25, -0.2) is 0 Å². The predicted molar refractivity (Wildman–Crippen MR) is 105 cm³/mol. The monoisotopic (exact) mass is 383 g/mol. The van der Waals surface area contributed by atoms with Crippen molar-refractivity contribution in [3.63, 3.8) is 0 Å². The van der Waals surface area contributed by atoms with E-state index in [0.29, 0.717) is 35.2 Å². The summed E-state index contributed by atoms with van der Waals surface area (Å²) in [7, 11) is 1.54. The Morgan fingerprint density at radius 2 is 1.88 bits per heavy atom. The summed E-state index contributed by atoms with van der Waals surface area (Å²) in [6.45, 7) is 11.8. The van der Waals surface area contributed by atoms with Crippen LogP contribution >= 0.6 is 11.6 Å². The molecule has 0 atom stereocenters. The molecule has 1 saturated heterocycles. The minimum Gasteiger partial charge on any atom is -0.493 e. The van der Waals surface area contributed by atoms with Crippen LogP contribution in [0.3, 0.4) is 0 Å². The Hall–Kier alpha value is -1.50. The molecule has 1 fully saturated rings. The van der Waals surface area contributed by atoms with Crippen molar-refractivity contribution in [1.29, 1.82) is 0 Å². The van der Waals surface area contributed by atoms with Gasteiger partial charge in [0.15, 0.2) is 11.5 Å².